The van der Waals surface area contributed by atoms with Crippen LogP contribution in [0.2, 0.25) is 0 Å². The first-order chi connectivity index (χ1) is 15.3. The molecule has 3 amide bonds. The van der Waals surface area contributed by atoms with Gasteiger partial charge in [0.15, 0.2) is 0 Å². The van der Waals surface area contributed by atoms with E-state index in [1.54, 1.807) is 0 Å². The van der Waals surface area contributed by atoms with E-state index in [-0.39, 0.29) is 23.3 Å². The van der Waals surface area contributed by atoms with Crippen molar-refractivity contribution in [3.8, 4) is 5.75 Å². The summed E-state index contributed by atoms with van der Waals surface area (Å²) < 4.78 is 0. The van der Waals surface area contributed by atoms with E-state index in [1.807, 2.05) is 5.32 Å². The van der Waals surface area contributed by atoms with Crippen molar-refractivity contribution >= 4 is 47.1 Å². The molecule has 1 aromatic carbocycles. The number of benzene rings is 1. The van der Waals surface area contributed by atoms with Gasteiger partial charge in [0.25, 0.3) is 5.69 Å². The molecule has 33 heavy (non-hydrogen) atoms. The number of carbonyl (C=O) groups is 5. The Kier molecular flexibility index (Phi) is 10.0. The number of carbonyl (C=O) groups excluding carboxylic acids is 3. The lowest BCUT2D eigenvalue weighted by molar-refractivity contribution is -0.387. The number of phenols is 1. The van der Waals surface area contributed by atoms with Crippen LogP contribution in [0.4, 0.5) is 5.69 Å². The van der Waals surface area contributed by atoms with Crippen LogP contribution in [-0.2, 0) is 19.2 Å². The molecule has 9 N–H and O–H groups in total. The highest BCUT2D eigenvalue weighted by atomic mass is 32.2. The molecule has 0 saturated heterocycles. The maximum atomic E-state index is 12.3. The van der Waals surface area contributed by atoms with Crippen molar-refractivity contribution in [2.45, 2.75) is 29.8 Å². The Morgan fingerprint density at radius 3 is 2.33 bits per heavy atom. The summed E-state index contributed by atoms with van der Waals surface area (Å²) in [4.78, 5) is 67.3. The Balaban J connectivity index is 3.06. The number of carboxylic acid groups (broad SMARTS) is 2. The first-order valence-electron chi connectivity index (χ1n) is 9.04. The molecule has 16 heteroatoms. The average molecular weight is 487 g/mol. The molecule has 2 atom stereocenters. The van der Waals surface area contributed by atoms with Crippen LogP contribution >= 0.6 is 11.8 Å². The molecule has 180 valence electrons. The van der Waals surface area contributed by atoms with Crippen molar-refractivity contribution in [1.82, 2.24) is 10.6 Å². The topological polar surface area (TPSA) is 265 Å². The highest BCUT2D eigenvalue weighted by molar-refractivity contribution is 7.99. The van der Waals surface area contributed by atoms with Gasteiger partial charge in [-0.2, -0.15) is 0 Å². The maximum Gasteiger partial charge on any atom is 0.322 e. The molecule has 0 aliphatic heterocycles. The van der Waals surface area contributed by atoms with Gasteiger partial charge in [-0.25, -0.2) is 0 Å². The molecule has 0 aromatic heterocycles. The fourth-order valence-electron chi connectivity index (χ4n) is 2.34. The highest BCUT2D eigenvalue weighted by Gasteiger charge is 2.27. The van der Waals surface area contributed by atoms with Crippen LogP contribution in [0.5, 0.6) is 5.75 Å². The monoisotopic (exact) mass is 487 g/mol. The quantitative estimate of drug-likeness (QED) is 0.0938. The fourth-order valence-corrected chi connectivity index (χ4v) is 3.39. The summed E-state index contributed by atoms with van der Waals surface area (Å²) >= 11 is 0.579. The van der Waals surface area contributed by atoms with Crippen molar-refractivity contribution in [2.75, 3.05) is 12.3 Å². The Labute approximate surface area is 189 Å². The summed E-state index contributed by atoms with van der Waals surface area (Å²) in [6.45, 7) is -0.779. The Hall–Kier alpha value is -3.92. The van der Waals surface area contributed by atoms with Gasteiger partial charge in [-0.1, -0.05) is 0 Å². The summed E-state index contributed by atoms with van der Waals surface area (Å²) in [7, 11) is 0. The van der Waals surface area contributed by atoms with Crippen molar-refractivity contribution < 1.29 is 44.2 Å². The van der Waals surface area contributed by atoms with Crippen LogP contribution < -0.4 is 22.1 Å². The normalized spacial score (nSPS) is 12.3. The minimum Gasteiger partial charge on any atom is -0.506 e. The van der Waals surface area contributed by atoms with Crippen molar-refractivity contribution in [1.29, 1.82) is 0 Å². The number of hydrogen-bond acceptors (Lipinski definition) is 10. The number of nitro groups is 1. The maximum absolute atomic E-state index is 12.3. The van der Waals surface area contributed by atoms with Crippen molar-refractivity contribution in [3.05, 3.63) is 27.8 Å². The number of nitro benzene ring substituents is 1. The summed E-state index contributed by atoms with van der Waals surface area (Å²) in [5.74, 6) is -6.54. The third-order valence-corrected chi connectivity index (χ3v) is 5.20. The number of nitrogens with one attached hydrogen (secondary N) is 2. The van der Waals surface area contributed by atoms with Gasteiger partial charge < -0.3 is 37.4 Å². The van der Waals surface area contributed by atoms with Gasteiger partial charge in [0.1, 0.15) is 29.3 Å². The van der Waals surface area contributed by atoms with Crippen LogP contribution in [0.3, 0.4) is 0 Å². The largest absolute Gasteiger partial charge is 0.506 e. The number of phenolic OH excluding ortho intramolecular Hbond substituents is 1. The first kappa shape index (κ1) is 27.1. The summed E-state index contributed by atoms with van der Waals surface area (Å²) in [5.41, 5.74) is 9.37. The number of primary amides is 1. The highest BCUT2D eigenvalue weighted by Crippen LogP contribution is 2.38. The van der Waals surface area contributed by atoms with Crippen LogP contribution in [0, 0.1) is 10.1 Å². The Morgan fingerprint density at radius 2 is 1.82 bits per heavy atom. The third kappa shape index (κ3) is 8.62. The van der Waals surface area contributed by atoms with Crippen molar-refractivity contribution in [3.63, 3.8) is 0 Å². The number of hydrogen-bond donors (Lipinski definition) is 7. The number of aromatic hydroxyl groups is 1. The number of amides is 3. The molecular formula is C17H21N5O10S. The number of carboxylic acids is 2. The minimum absolute atomic E-state index is 0.251. The van der Waals surface area contributed by atoms with Crippen LogP contribution in [-0.4, -0.2) is 74.3 Å². The Bertz CT molecular complexity index is 970. The average Bonchev–Trinajstić information content (AvgIpc) is 2.72. The zero-order valence-corrected chi connectivity index (χ0v) is 17.7. The SMILES string of the molecule is NC(=O)c1cc(O)c(SCC(NC(=O)CCC(N)C(=O)O)C(=O)NCC(=O)O)c([N+](=O)[O-])c1. The molecule has 0 aliphatic rings. The minimum atomic E-state index is -1.42. The van der Waals surface area contributed by atoms with Gasteiger partial charge in [0.2, 0.25) is 17.7 Å². The van der Waals surface area contributed by atoms with E-state index in [0.717, 1.165) is 12.1 Å². The van der Waals surface area contributed by atoms with Gasteiger partial charge in [-0.05, 0) is 12.5 Å². The number of aliphatic carboxylic acids is 2. The lowest BCUT2D eigenvalue weighted by Gasteiger charge is -2.18. The van der Waals surface area contributed by atoms with E-state index in [9.17, 15) is 39.2 Å². The van der Waals surface area contributed by atoms with Gasteiger partial charge in [0.05, 0.1) is 4.92 Å². The van der Waals surface area contributed by atoms with Crippen LogP contribution in [0.1, 0.15) is 23.2 Å². The zero-order valence-electron chi connectivity index (χ0n) is 16.8. The number of nitrogens with two attached hydrogens (primary N) is 2. The van der Waals surface area contributed by atoms with E-state index in [2.05, 4.69) is 5.32 Å². The van der Waals surface area contributed by atoms with E-state index >= 15 is 0 Å². The molecule has 0 bridgehead atoms. The lowest BCUT2D eigenvalue weighted by Crippen LogP contribution is -2.49. The third-order valence-electron chi connectivity index (χ3n) is 3.99. The molecule has 1 aromatic rings. The smallest absolute Gasteiger partial charge is 0.322 e. The Morgan fingerprint density at radius 1 is 1.18 bits per heavy atom. The summed E-state index contributed by atoms with van der Waals surface area (Å²) in [6.07, 6.45) is -0.627. The van der Waals surface area contributed by atoms with Crippen molar-refractivity contribution in [2.24, 2.45) is 11.5 Å². The molecule has 0 heterocycles. The predicted molar refractivity (Wildman–Crippen MR) is 111 cm³/mol. The molecule has 15 nitrogen and oxygen atoms in total. The van der Waals surface area contributed by atoms with Crippen LogP contribution in [0.15, 0.2) is 17.0 Å². The predicted octanol–water partition coefficient (Wildman–Crippen LogP) is -1.63. The molecule has 0 fully saturated rings. The second-order valence-corrected chi connectivity index (χ2v) is 7.52. The molecule has 0 aliphatic carbocycles. The first-order valence-corrected chi connectivity index (χ1v) is 10.0. The molecule has 0 spiro atoms. The van der Waals surface area contributed by atoms with Gasteiger partial charge in [-0.3, -0.25) is 34.1 Å². The van der Waals surface area contributed by atoms with Gasteiger partial charge in [0, 0.05) is 23.8 Å². The van der Waals surface area contributed by atoms with E-state index < -0.39 is 70.4 Å². The summed E-state index contributed by atoms with van der Waals surface area (Å²) in [5, 5.41) is 43.2. The number of rotatable bonds is 13. The van der Waals surface area contributed by atoms with E-state index in [4.69, 9.17) is 21.7 Å². The molecule has 2 unspecified atom stereocenters. The van der Waals surface area contributed by atoms with Gasteiger partial charge >= 0.3 is 11.9 Å². The number of nitrogens with zero attached hydrogens (tertiary/aromatic N) is 1. The molecular weight excluding hydrogens is 466 g/mol. The van der Waals surface area contributed by atoms with Gasteiger partial charge in [-0.15, -0.1) is 11.8 Å². The standard InChI is InChI=1S/C17H21N5O10S/c18-8(17(29)30)1-2-12(24)21-9(16(28)20-5-13(25)26)6-33-14-10(22(31)32)3-7(15(19)27)4-11(14)23/h3-4,8-9,23H,1-2,5-6,18H2,(H2,19,27)(H,20,28)(H,21,24)(H,25,26)(H,29,30). The molecule has 0 saturated carbocycles. The number of thioether (sulfide) groups is 1. The molecule has 0 radical (unpaired) electrons. The van der Waals surface area contributed by atoms with E-state index in [1.165, 1.54) is 0 Å². The second-order valence-electron chi connectivity index (χ2n) is 6.49. The lowest BCUT2D eigenvalue weighted by atomic mass is 10.1. The summed E-state index contributed by atoms with van der Waals surface area (Å²) in [6, 6.07) is -1.02. The second kappa shape index (κ2) is 12.2. The zero-order chi connectivity index (χ0) is 25.3. The fraction of sp³-hybridized carbons (Fsp3) is 0.353. The van der Waals surface area contributed by atoms with E-state index in [0.29, 0.717) is 11.8 Å². The van der Waals surface area contributed by atoms with Crippen LogP contribution in [0.25, 0.3) is 0 Å². The molecule has 1 rings (SSSR count).